The van der Waals surface area contributed by atoms with E-state index < -0.39 is 5.97 Å². The van der Waals surface area contributed by atoms with Crippen LogP contribution in [0, 0.1) is 3.57 Å². The number of rotatable bonds is 3. The molecule has 0 fully saturated rings. The maximum absolute atomic E-state index is 11.3. The molecule has 6 heteroatoms. The van der Waals surface area contributed by atoms with E-state index in [4.69, 9.17) is 4.74 Å². The number of ether oxygens (including phenoxy) is 1. The monoisotopic (exact) mass is 392 g/mol. The molecule has 0 saturated heterocycles. The fourth-order valence-electron chi connectivity index (χ4n) is 1.94. The average molecular weight is 392 g/mol. The molecule has 3 rings (SSSR count). The molecule has 0 atom stereocenters. The molecular formula is C15H9IN2O3. The molecule has 0 unspecified atom stereocenters. The Morgan fingerprint density at radius 2 is 2.00 bits per heavy atom. The van der Waals surface area contributed by atoms with E-state index in [1.807, 2.05) is 24.3 Å². The Kier molecular flexibility index (Phi) is 3.70. The summed E-state index contributed by atoms with van der Waals surface area (Å²) < 4.78 is 6.50. The number of fused-ring (bicyclic) bond motifs is 1. The highest BCUT2D eigenvalue weighted by Gasteiger charge is 2.14. The van der Waals surface area contributed by atoms with E-state index in [0.717, 1.165) is 14.3 Å². The van der Waals surface area contributed by atoms with Crippen LogP contribution in [0.4, 0.5) is 0 Å². The Labute approximate surface area is 133 Å². The zero-order valence-electron chi connectivity index (χ0n) is 10.7. The summed E-state index contributed by atoms with van der Waals surface area (Å²) in [4.78, 5) is 11.3. The maximum Gasteiger partial charge on any atom is 0.339 e. The molecule has 0 saturated carbocycles. The molecule has 0 aliphatic heterocycles. The van der Waals surface area contributed by atoms with Gasteiger partial charge in [0, 0.05) is 14.3 Å². The summed E-state index contributed by atoms with van der Waals surface area (Å²) >= 11 is 2.05. The number of carboxylic acid groups (broad SMARTS) is 1. The number of hydrogen-bond donors (Lipinski definition) is 1. The fraction of sp³-hybridized carbons (Fsp3) is 0. The van der Waals surface area contributed by atoms with Gasteiger partial charge in [-0.25, -0.2) is 4.79 Å². The lowest BCUT2D eigenvalue weighted by molar-refractivity contribution is 0.0694. The predicted octanol–water partition coefficient (Wildman–Crippen LogP) is 3.72. The molecule has 0 aliphatic carbocycles. The van der Waals surface area contributed by atoms with Gasteiger partial charge in [-0.15, -0.1) is 5.10 Å². The van der Waals surface area contributed by atoms with Gasteiger partial charge in [-0.1, -0.05) is 18.2 Å². The van der Waals surface area contributed by atoms with Gasteiger partial charge in [0.05, 0.1) is 6.20 Å². The van der Waals surface area contributed by atoms with Crippen molar-refractivity contribution in [1.82, 2.24) is 10.2 Å². The first kappa shape index (κ1) is 13.7. The van der Waals surface area contributed by atoms with E-state index in [0.29, 0.717) is 0 Å². The summed E-state index contributed by atoms with van der Waals surface area (Å²) in [6.07, 6.45) is 1.63. The molecule has 0 spiro atoms. The topological polar surface area (TPSA) is 72.3 Å². The van der Waals surface area contributed by atoms with Gasteiger partial charge in [-0.3, -0.25) is 0 Å². The zero-order valence-corrected chi connectivity index (χ0v) is 12.8. The van der Waals surface area contributed by atoms with Gasteiger partial charge in [0.25, 0.3) is 0 Å². The van der Waals surface area contributed by atoms with E-state index in [9.17, 15) is 9.90 Å². The molecule has 0 aliphatic rings. The van der Waals surface area contributed by atoms with E-state index in [1.165, 1.54) is 0 Å². The molecule has 1 N–H and O–H groups in total. The Morgan fingerprint density at radius 3 is 2.81 bits per heavy atom. The van der Waals surface area contributed by atoms with Crippen molar-refractivity contribution in [2.24, 2.45) is 0 Å². The second-order valence-electron chi connectivity index (χ2n) is 4.28. The van der Waals surface area contributed by atoms with Crippen molar-refractivity contribution < 1.29 is 14.6 Å². The number of halogens is 1. The van der Waals surface area contributed by atoms with Crippen LogP contribution in [-0.4, -0.2) is 21.3 Å². The van der Waals surface area contributed by atoms with E-state index >= 15 is 0 Å². The molecule has 104 valence electrons. The minimum absolute atomic E-state index is 0.0941. The van der Waals surface area contributed by atoms with Crippen LogP contribution in [0.25, 0.3) is 10.8 Å². The highest BCUT2D eigenvalue weighted by atomic mass is 127. The third-order valence-electron chi connectivity index (χ3n) is 2.92. The summed E-state index contributed by atoms with van der Waals surface area (Å²) in [7, 11) is 0. The van der Waals surface area contributed by atoms with Crippen LogP contribution in [0.1, 0.15) is 10.4 Å². The highest BCUT2D eigenvalue weighted by Crippen LogP contribution is 2.30. The van der Waals surface area contributed by atoms with Crippen molar-refractivity contribution in [3.8, 4) is 11.6 Å². The van der Waals surface area contributed by atoms with E-state index in [1.54, 1.807) is 24.4 Å². The lowest BCUT2D eigenvalue weighted by atomic mass is 10.2. The van der Waals surface area contributed by atoms with E-state index in [-0.39, 0.29) is 17.2 Å². The van der Waals surface area contributed by atoms with Crippen LogP contribution >= 0.6 is 22.6 Å². The molecule has 21 heavy (non-hydrogen) atoms. The minimum Gasteiger partial charge on any atom is -0.478 e. The summed E-state index contributed by atoms with van der Waals surface area (Å²) in [6.45, 7) is 0. The number of aromatic carboxylic acids is 1. The summed E-state index contributed by atoms with van der Waals surface area (Å²) in [5.74, 6) is -0.512. The Balaban J connectivity index is 2.09. The van der Waals surface area contributed by atoms with Crippen molar-refractivity contribution in [2.75, 3.05) is 0 Å². The quantitative estimate of drug-likeness (QED) is 0.688. The van der Waals surface area contributed by atoms with Crippen molar-refractivity contribution in [1.29, 1.82) is 0 Å². The SMILES string of the molecule is O=C(O)c1cc(I)ccc1Oc1nncc2ccccc12. The second-order valence-corrected chi connectivity index (χ2v) is 5.53. The van der Waals surface area contributed by atoms with Gasteiger partial charge in [-0.2, -0.15) is 5.10 Å². The standard InChI is InChI=1S/C15H9IN2O3/c16-10-5-6-13(12(7-10)15(19)20)21-14-11-4-2-1-3-9(11)8-17-18-14/h1-8H,(H,19,20). The van der Waals surface area contributed by atoms with Gasteiger partial charge in [0.2, 0.25) is 5.88 Å². The molecule has 3 aromatic rings. The number of carboxylic acids is 1. The van der Waals surface area contributed by atoms with Crippen LogP contribution in [0.2, 0.25) is 0 Å². The van der Waals surface area contributed by atoms with Crippen LogP contribution in [0.15, 0.2) is 48.7 Å². The molecule has 2 aromatic carbocycles. The number of benzene rings is 2. The Hall–Kier alpha value is -2.22. The molecular weight excluding hydrogens is 383 g/mol. The third kappa shape index (κ3) is 2.80. The Bertz CT molecular complexity index is 831. The smallest absolute Gasteiger partial charge is 0.339 e. The predicted molar refractivity (Wildman–Crippen MR) is 85.7 cm³/mol. The van der Waals surface area contributed by atoms with Crippen molar-refractivity contribution in [3.63, 3.8) is 0 Å². The van der Waals surface area contributed by atoms with E-state index in [2.05, 4.69) is 32.8 Å². The lowest BCUT2D eigenvalue weighted by Gasteiger charge is -2.09. The van der Waals surface area contributed by atoms with Gasteiger partial charge in [0.15, 0.2) is 0 Å². The molecule has 0 amide bonds. The van der Waals surface area contributed by atoms with Gasteiger partial charge in [0.1, 0.15) is 11.3 Å². The maximum atomic E-state index is 11.3. The zero-order chi connectivity index (χ0) is 14.8. The molecule has 5 nitrogen and oxygen atoms in total. The summed E-state index contributed by atoms with van der Waals surface area (Å²) in [6, 6.07) is 12.5. The largest absolute Gasteiger partial charge is 0.478 e. The number of carbonyl (C=O) groups is 1. The van der Waals surface area contributed by atoms with Crippen molar-refractivity contribution >= 4 is 39.3 Å². The molecule has 0 radical (unpaired) electrons. The van der Waals surface area contributed by atoms with Gasteiger partial charge in [-0.05, 0) is 46.9 Å². The first-order chi connectivity index (χ1) is 10.1. The van der Waals surface area contributed by atoms with Gasteiger partial charge >= 0.3 is 5.97 Å². The van der Waals surface area contributed by atoms with Crippen LogP contribution in [0.3, 0.4) is 0 Å². The molecule has 1 aromatic heterocycles. The van der Waals surface area contributed by atoms with Crippen LogP contribution in [-0.2, 0) is 0 Å². The number of nitrogens with zero attached hydrogens (tertiary/aromatic N) is 2. The molecule has 0 bridgehead atoms. The minimum atomic E-state index is -1.04. The van der Waals surface area contributed by atoms with Crippen molar-refractivity contribution in [2.45, 2.75) is 0 Å². The second kappa shape index (κ2) is 5.65. The fourth-order valence-corrected chi connectivity index (χ4v) is 2.43. The first-order valence-electron chi connectivity index (χ1n) is 6.06. The lowest BCUT2D eigenvalue weighted by Crippen LogP contribution is -2.01. The number of aromatic nitrogens is 2. The van der Waals surface area contributed by atoms with Gasteiger partial charge < -0.3 is 9.84 Å². The third-order valence-corrected chi connectivity index (χ3v) is 3.59. The van der Waals surface area contributed by atoms with Crippen molar-refractivity contribution in [3.05, 3.63) is 57.8 Å². The normalized spacial score (nSPS) is 10.5. The van der Waals surface area contributed by atoms with Crippen LogP contribution < -0.4 is 4.74 Å². The highest BCUT2D eigenvalue weighted by molar-refractivity contribution is 14.1. The summed E-state index contributed by atoms with van der Waals surface area (Å²) in [5.41, 5.74) is 0.0941. The molecule has 1 heterocycles. The average Bonchev–Trinajstić information content (AvgIpc) is 2.49. The van der Waals surface area contributed by atoms with Crippen LogP contribution in [0.5, 0.6) is 11.6 Å². The summed E-state index contributed by atoms with van der Waals surface area (Å²) in [5, 5.41) is 18.8. The first-order valence-corrected chi connectivity index (χ1v) is 7.14. The number of hydrogen-bond acceptors (Lipinski definition) is 4. The Morgan fingerprint density at radius 1 is 1.19 bits per heavy atom.